The van der Waals surface area contributed by atoms with Crippen LogP contribution in [-0.2, 0) is 14.6 Å². The number of fused-ring (bicyclic) bond motifs is 5. The van der Waals surface area contributed by atoms with Crippen molar-refractivity contribution in [3.63, 3.8) is 0 Å². The molecule has 7 unspecified atom stereocenters. The predicted octanol–water partition coefficient (Wildman–Crippen LogP) is 3.50. The van der Waals surface area contributed by atoms with Crippen LogP contribution in [-0.4, -0.2) is 30.3 Å². The van der Waals surface area contributed by atoms with E-state index in [0.717, 1.165) is 24.3 Å². The van der Waals surface area contributed by atoms with Crippen molar-refractivity contribution < 1.29 is 22.3 Å². The van der Waals surface area contributed by atoms with E-state index in [2.05, 4.69) is 19.9 Å². The average molecular weight is 371 g/mol. The van der Waals surface area contributed by atoms with Gasteiger partial charge in [-0.25, -0.2) is 4.18 Å². The topological polar surface area (TPSA) is 83.8 Å². The van der Waals surface area contributed by atoms with E-state index in [1.807, 2.05) is 0 Å². The van der Waals surface area contributed by atoms with E-state index >= 15 is 0 Å². The second-order valence-electron chi connectivity index (χ2n) is 9.31. The van der Waals surface area contributed by atoms with Crippen LogP contribution in [0.1, 0.15) is 65.2 Å². The summed E-state index contributed by atoms with van der Waals surface area (Å²) in [5, 5.41) is 11.0. The molecule has 4 aliphatic rings. The Morgan fingerprint density at radius 2 is 1.96 bits per heavy atom. The van der Waals surface area contributed by atoms with Crippen molar-refractivity contribution in [2.45, 2.75) is 77.4 Å². The van der Waals surface area contributed by atoms with E-state index in [-0.39, 0.29) is 11.8 Å². The molecule has 0 spiro atoms. The molecule has 4 rings (SSSR count). The van der Waals surface area contributed by atoms with Crippen molar-refractivity contribution in [2.75, 3.05) is 0 Å². The van der Waals surface area contributed by atoms with Crippen LogP contribution in [0.4, 0.5) is 0 Å². The molecule has 142 valence electrons. The summed E-state index contributed by atoms with van der Waals surface area (Å²) in [5.41, 5.74) is 1.31. The Morgan fingerprint density at radius 1 is 1.20 bits per heavy atom. The summed E-state index contributed by atoms with van der Waals surface area (Å²) >= 11 is 0. The summed E-state index contributed by atoms with van der Waals surface area (Å²) in [7, 11) is -4.49. The van der Waals surface area contributed by atoms with Crippen LogP contribution >= 0.6 is 0 Å². The molecular formula is C19H30O5S. The first-order valence-corrected chi connectivity index (χ1v) is 11.0. The van der Waals surface area contributed by atoms with E-state index in [1.165, 1.54) is 25.7 Å². The smallest absolute Gasteiger partial charge is 0.392 e. The Bertz CT molecular complexity index is 686. The highest BCUT2D eigenvalue weighted by molar-refractivity contribution is 7.80. The number of aliphatic hydroxyl groups is 1. The third-order valence-electron chi connectivity index (χ3n) is 8.20. The number of aliphatic hydroxyl groups excluding tert-OH is 1. The van der Waals surface area contributed by atoms with E-state index in [4.69, 9.17) is 8.74 Å². The fourth-order valence-electron chi connectivity index (χ4n) is 6.92. The molecule has 0 heterocycles. The normalized spacial score (nSPS) is 49.8. The molecule has 5 nitrogen and oxygen atoms in total. The van der Waals surface area contributed by atoms with Crippen LogP contribution in [0, 0.1) is 28.6 Å². The van der Waals surface area contributed by atoms with Crippen molar-refractivity contribution in [3.8, 4) is 0 Å². The van der Waals surface area contributed by atoms with Crippen LogP contribution < -0.4 is 0 Å². The third-order valence-corrected chi connectivity index (χ3v) is 8.72. The summed E-state index contributed by atoms with van der Waals surface area (Å²) in [6.07, 6.45) is 9.07. The van der Waals surface area contributed by atoms with Gasteiger partial charge in [-0.2, -0.15) is 8.42 Å². The van der Waals surface area contributed by atoms with Gasteiger partial charge in [0.1, 0.15) is 0 Å². The van der Waals surface area contributed by atoms with Gasteiger partial charge in [-0.15, -0.1) is 0 Å². The standard InChI is InChI=1S/C19H30O5S/c1-18-8-3-4-15(18)14-6-5-12-10-13(24-25(21,22)23)11-17(20)19(12,2)16(14)7-9-18/h5,13-17,20H,3-4,6-11H2,1-2H3,(H,21,22,23). The first kappa shape index (κ1) is 18.0. The monoisotopic (exact) mass is 370 g/mol. The highest BCUT2D eigenvalue weighted by atomic mass is 32.3. The highest BCUT2D eigenvalue weighted by Gasteiger charge is 2.58. The van der Waals surface area contributed by atoms with Crippen molar-refractivity contribution in [3.05, 3.63) is 11.6 Å². The minimum Gasteiger partial charge on any atom is -0.392 e. The van der Waals surface area contributed by atoms with Gasteiger partial charge in [0.25, 0.3) is 0 Å². The molecule has 25 heavy (non-hydrogen) atoms. The quantitative estimate of drug-likeness (QED) is 0.574. The number of hydrogen-bond acceptors (Lipinski definition) is 4. The molecule has 0 bridgehead atoms. The number of hydrogen-bond donors (Lipinski definition) is 2. The van der Waals surface area contributed by atoms with Crippen LogP contribution in [0.2, 0.25) is 0 Å². The van der Waals surface area contributed by atoms with E-state index in [0.29, 0.717) is 23.7 Å². The summed E-state index contributed by atoms with van der Waals surface area (Å²) in [4.78, 5) is 0. The lowest BCUT2D eigenvalue weighted by Gasteiger charge is -2.58. The Kier molecular flexibility index (Phi) is 4.15. The summed E-state index contributed by atoms with van der Waals surface area (Å²) in [6.45, 7) is 4.62. The first-order chi connectivity index (χ1) is 11.6. The third kappa shape index (κ3) is 2.80. The van der Waals surface area contributed by atoms with Crippen molar-refractivity contribution in [2.24, 2.45) is 28.6 Å². The minimum absolute atomic E-state index is 0.263. The molecule has 2 N–H and O–H groups in total. The van der Waals surface area contributed by atoms with Crippen LogP contribution in [0.3, 0.4) is 0 Å². The van der Waals surface area contributed by atoms with Crippen molar-refractivity contribution in [1.29, 1.82) is 0 Å². The van der Waals surface area contributed by atoms with E-state index in [1.54, 1.807) is 0 Å². The van der Waals surface area contributed by atoms with Gasteiger partial charge in [0.15, 0.2) is 0 Å². The molecule has 0 saturated heterocycles. The number of allylic oxidation sites excluding steroid dienone is 1. The van der Waals surface area contributed by atoms with Gasteiger partial charge in [-0.05, 0) is 61.7 Å². The molecule has 0 aliphatic heterocycles. The van der Waals surface area contributed by atoms with Crippen molar-refractivity contribution >= 4 is 10.4 Å². The van der Waals surface area contributed by atoms with Gasteiger partial charge in [-0.1, -0.05) is 31.9 Å². The number of rotatable bonds is 2. The molecule has 3 fully saturated rings. The second kappa shape index (κ2) is 5.78. The molecular weight excluding hydrogens is 340 g/mol. The van der Waals surface area contributed by atoms with Crippen LogP contribution in [0.15, 0.2) is 11.6 Å². The maximum atomic E-state index is 11.1. The van der Waals surface area contributed by atoms with Gasteiger partial charge in [0.2, 0.25) is 0 Å². The maximum Gasteiger partial charge on any atom is 0.397 e. The van der Waals surface area contributed by atoms with Gasteiger partial charge >= 0.3 is 10.4 Å². The van der Waals surface area contributed by atoms with Gasteiger partial charge in [0, 0.05) is 11.8 Å². The summed E-state index contributed by atoms with van der Waals surface area (Å²) in [5.74, 6) is 1.84. The zero-order valence-corrected chi connectivity index (χ0v) is 16.0. The highest BCUT2D eigenvalue weighted by Crippen LogP contribution is 2.64. The van der Waals surface area contributed by atoms with E-state index < -0.39 is 22.6 Å². The fourth-order valence-corrected chi connectivity index (χ4v) is 7.41. The lowest BCUT2D eigenvalue weighted by atomic mass is 9.47. The first-order valence-electron chi connectivity index (χ1n) is 9.67. The van der Waals surface area contributed by atoms with Crippen molar-refractivity contribution in [1.82, 2.24) is 0 Å². The molecule has 0 aromatic carbocycles. The lowest BCUT2D eigenvalue weighted by molar-refractivity contribution is -0.0964. The zero-order valence-electron chi connectivity index (χ0n) is 15.1. The van der Waals surface area contributed by atoms with Gasteiger partial charge < -0.3 is 5.11 Å². The molecule has 0 aromatic heterocycles. The minimum atomic E-state index is -4.49. The van der Waals surface area contributed by atoms with Gasteiger partial charge in [-0.3, -0.25) is 4.55 Å². The largest absolute Gasteiger partial charge is 0.397 e. The van der Waals surface area contributed by atoms with Crippen LogP contribution in [0.25, 0.3) is 0 Å². The Balaban J connectivity index is 1.63. The summed E-state index contributed by atoms with van der Waals surface area (Å²) in [6, 6.07) is 0. The summed E-state index contributed by atoms with van der Waals surface area (Å²) < 4.78 is 35.9. The maximum absolute atomic E-state index is 11.1. The molecule has 0 aromatic rings. The average Bonchev–Trinajstić information content (AvgIpc) is 2.89. The van der Waals surface area contributed by atoms with Crippen LogP contribution in [0.5, 0.6) is 0 Å². The molecule has 3 saturated carbocycles. The Hall–Kier alpha value is -0.430. The molecule has 7 atom stereocenters. The SMILES string of the molecule is CC12CCCC1C1CC=C3CC(OS(=O)(=O)O)CC(O)C3(C)C1CC2. The van der Waals surface area contributed by atoms with Gasteiger partial charge in [0.05, 0.1) is 12.2 Å². The van der Waals surface area contributed by atoms with E-state index in [9.17, 15) is 13.5 Å². The molecule has 0 amide bonds. The second-order valence-corrected chi connectivity index (χ2v) is 10.4. The molecule has 6 heteroatoms. The lowest BCUT2D eigenvalue weighted by Crippen LogP contribution is -2.55. The Labute approximate surface area is 150 Å². The molecule has 4 aliphatic carbocycles. The Morgan fingerprint density at radius 3 is 2.68 bits per heavy atom. The fraction of sp³-hybridized carbons (Fsp3) is 0.895. The molecule has 0 radical (unpaired) electrons. The zero-order chi connectivity index (χ0) is 18.0. The predicted molar refractivity (Wildman–Crippen MR) is 94.1 cm³/mol.